The number of hydrogen-bond acceptors (Lipinski definition) is 6. The van der Waals surface area contributed by atoms with Gasteiger partial charge in [-0.1, -0.05) is 30.1 Å². The van der Waals surface area contributed by atoms with Crippen LogP contribution in [0.2, 0.25) is 5.15 Å². The van der Waals surface area contributed by atoms with Gasteiger partial charge in [0.25, 0.3) is 0 Å². The minimum absolute atomic E-state index is 0.0160. The first-order chi connectivity index (χ1) is 13.1. The van der Waals surface area contributed by atoms with Crippen molar-refractivity contribution in [2.24, 2.45) is 5.11 Å². The second kappa shape index (κ2) is 8.94. The smallest absolute Gasteiger partial charge is 0.223 e. The number of fused-ring (bicyclic) bond motifs is 1. The van der Waals surface area contributed by atoms with Crippen molar-refractivity contribution in [1.29, 1.82) is 0 Å². The van der Waals surface area contributed by atoms with Crippen LogP contribution in [0.15, 0.2) is 23.4 Å². The van der Waals surface area contributed by atoms with Crippen LogP contribution in [0.4, 0.5) is 0 Å². The van der Waals surface area contributed by atoms with Crippen molar-refractivity contribution in [3.8, 4) is 5.88 Å². The molecule has 2 heterocycles. The summed E-state index contributed by atoms with van der Waals surface area (Å²) in [6, 6.07) is 3.51. The van der Waals surface area contributed by atoms with Crippen molar-refractivity contribution in [3.05, 3.63) is 39.6 Å². The topological polar surface area (TPSA) is 118 Å². The molecule has 152 valence electrons. The summed E-state index contributed by atoms with van der Waals surface area (Å²) < 4.78 is 28.8. The molecule has 2 rings (SSSR count). The summed E-state index contributed by atoms with van der Waals surface area (Å²) >= 11 is 6.04. The molecule has 0 aliphatic rings. The molecular weight excluding hydrogens is 402 g/mol. The highest BCUT2D eigenvalue weighted by Gasteiger charge is 2.28. The number of hydrogen-bond donors (Lipinski definition) is 0. The Morgan fingerprint density at radius 3 is 2.75 bits per heavy atom. The van der Waals surface area contributed by atoms with E-state index in [0.717, 1.165) is 11.8 Å². The van der Waals surface area contributed by atoms with E-state index in [1.807, 2.05) is 19.9 Å². The lowest BCUT2D eigenvalue weighted by atomic mass is 9.92. The Morgan fingerprint density at radius 2 is 2.14 bits per heavy atom. The highest BCUT2D eigenvalue weighted by atomic mass is 35.5. The van der Waals surface area contributed by atoms with Crippen molar-refractivity contribution in [3.63, 3.8) is 0 Å². The number of nitrogens with zero attached hydrogens (tertiary/aromatic N) is 5. The number of azide groups is 1. The maximum atomic E-state index is 11.4. The van der Waals surface area contributed by atoms with E-state index in [4.69, 9.17) is 21.9 Å². The lowest BCUT2D eigenvalue weighted by Gasteiger charge is -2.24. The molecule has 0 aliphatic carbocycles. The van der Waals surface area contributed by atoms with Gasteiger partial charge in [0.2, 0.25) is 5.88 Å². The highest BCUT2D eigenvalue weighted by Crippen LogP contribution is 2.35. The predicted octanol–water partition coefficient (Wildman–Crippen LogP) is 4.81. The van der Waals surface area contributed by atoms with Gasteiger partial charge in [-0.15, -0.1) is 0 Å². The van der Waals surface area contributed by atoms with Gasteiger partial charge >= 0.3 is 0 Å². The molecule has 0 spiro atoms. The second-order valence-electron chi connectivity index (χ2n) is 7.10. The van der Waals surface area contributed by atoms with Gasteiger partial charge in [0.05, 0.1) is 28.5 Å². The quantitative estimate of drug-likeness (QED) is 0.247. The summed E-state index contributed by atoms with van der Waals surface area (Å²) in [7, 11) is -3.09. The van der Waals surface area contributed by atoms with Crippen LogP contribution in [0.25, 0.3) is 21.2 Å². The van der Waals surface area contributed by atoms with Crippen molar-refractivity contribution < 1.29 is 13.2 Å². The summed E-state index contributed by atoms with van der Waals surface area (Å²) in [5.74, 6) is 0.329. The van der Waals surface area contributed by atoms with Crippen LogP contribution in [0.1, 0.15) is 45.7 Å². The van der Waals surface area contributed by atoms with E-state index in [0.29, 0.717) is 35.0 Å². The molecule has 0 aromatic carbocycles. The van der Waals surface area contributed by atoms with E-state index in [1.165, 1.54) is 6.26 Å². The van der Waals surface area contributed by atoms with Crippen LogP contribution in [0, 0.1) is 0 Å². The van der Waals surface area contributed by atoms with Crippen LogP contribution in [0.5, 0.6) is 5.88 Å². The van der Waals surface area contributed by atoms with E-state index in [9.17, 15) is 8.42 Å². The molecule has 0 unspecified atom stereocenters. The number of halogens is 1. The fourth-order valence-electron chi connectivity index (χ4n) is 2.90. The summed E-state index contributed by atoms with van der Waals surface area (Å²) in [5, 5.41) is 5.70. The van der Waals surface area contributed by atoms with Crippen molar-refractivity contribution in [2.45, 2.75) is 51.7 Å². The Kier molecular flexibility index (Phi) is 7.09. The third kappa shape index (κ3) is 5.70. The summed E-state index contributed by atoms with van der Waals surface area (Å²) in [5.41, 5.74) is 8.74. The Labute approximate surface area is 169 Å². The lowest BCUT2D eigenvalue weighted by molar-refractivity contribution is 0.210. The number of rotatable bonds is 9. The molecule has 0 fully saturated rings. The standard InChI is InChI=1S/C18H24ClN5O3S/c1-5-7-18(3,23-24-20)15-9-13-10-16(19)21-11-14(13)17(22-15)27-12(2)6-8-28(4,25)26/h9-12H,5-8H2,1-4H3/t12-,18-/m1/s1. The summed E-state index contributed by atoms with van der Waals surface area (Å²) in [4.78, 5) is 11.7. The fourth-order valence-corrected chi connectivity index (χ4v) is 3.83. The van der Waals surface area contributed by atoms with Gasteiger partial charge in [0, 0.05) is 17.4 Å². The van der Waals surface area contributed by atoms with Gasteiger partial charge in [-0.3, -0.25) is 0 Å². The molecule has 0 amide bonds. The van der Waals surface area contributed by atoms with Crippen molar-refractivity contribution in [1.82, 2.24) is 9.97 Å². The molecule has 0 saturated carbocycles. The van der Waals surface area contributed by atoms with E-state index < -0.39 is 15.4 Å². The van der Waals surface area contributed by atoms with Gasteiger partial charge in [-0.05, 0) is 49.7 Å². The Balaban J connectivity index is 2.52. The van der Waals surface area contributed by atoms with Crippen LogP contribution < -0.4 is 4.74 Å². The zero-order chi connectivity index (χ0) is 20.9. The molecule has 0 bridgehead atoms. The molecule has 0 N–H and O–H groups in total. The molecule has 8 nitrogen and oxygen atoms in total. The predicted molar refractivity (Wildman–Crippen MR) is 110 cm³/mol. The summed E-state index contributed by atoms with van der Waals surface area (Å²) in [6.45, 7) is 5.61. The zero-order valence-electron chi connectivity index (χ0n) is 16.4. The zero-order valence-corrected chi connectivity index (χ0v) is 18.0. The van der Waals surface area contributed by atoms with Gasteiger partial charge in [-0.2, -0.15) is 0 Å². The first-order valence-electron chi connectivity index (χ1n) is 8.95. The minimum atomic E-state index is -3.09. The Hall–Kier alpha value is -2.09. The molecule has 2 aromatic rings. The minimum Gasteiger partial charge on any atom is -0.474 e. The first-order valence-corrected chi connectivity index (χ1v) is 11.4. The SMILES string of the molecule is CCC[C@@](C)(N=[N+]=[N-])c1cc2cc(Cl)ncc2c(O[C@H](C)CCS(C)(=O)=O)n1. The first kappa shape index (κ1) is 22.2. The molecular formula is C18H24ClN5O3S. The largest absolute Gasteiger partial charge is 0.474 e. The molecule has 0 radical (unpaired) electrons. The number of aromatic nitrogens is 2. The molecule has 2 aromatic heterocycles. The molecule has 2 atom stereocenters. The average Bonchev–Trinajstić information content (AvgIpc) is 2.59. The highest BCUT2D eigenvalue weighted by molar-refractivity contribution is 7.90. The van der Waals surface area contributed by atoms with Crippen molar-refractivity contribution in [2.75, 3.05) is 12.0 Å². The maximum Gasteiger partial charge on any atom is 0.223 e. The third-order valence-electron chi connectivity index (χ3n) is 4.41. The monoisotopic (exact) mass is 425 g/mol. The summed E-state index contributed by atoms with van der Waals surface area (Å²) in [6.07, 6.45) is 4.11. The Bertz CT molecular complexity index is 1010. The van der Waals surface area contributed by atoms with Crippen LogP contribution in [-0.4, -0.2) is 36.5 Å². The van der Waals surface area contributed by atoms with Gasteiger partial charge < -0.3 is 4.74 Å². The normalized spacial score (nSPS) is 14.9. The average molecular weight is 426 g/mol. The van der Waals surface area contributed by atoms with Gasteiger partial charge in [-0.25, -0.2) is 18.4 Å². The Morgan fingerprint density at radius 1 is 1.43 bits per heavy atom. The number of pyridine rings is 2. The van der Waals surface area contributed by atoms with E-state index in [-0.39, 0.29) is 11.9 Å². The van der Waals surface area contributed by atoms with Gasteiger partial charge in [0.15, 0.2) is 0 Å². The molecule has 10 heteroatoms. The van der Waals surface area contributed by atoms with Crippen molar-refractivity contribution >= 4 is 32.2 Å². The molecule has 0 aliphatic heterocycles. The van der Waals surface area contributed by atoms with Gasteiger partial charge in [0.1, 0.15) is 15.0 Å². The van der Waals surface area contributed by atoms with E-state index >= 15 is 0 Å². The van der Waals surface area contributed by atoms with E-state index in [1.54, 1.807) is 19.2 Å². The fraction of sp³-hybridized carbons (Fsp3) is 0.556. The van der Waals surface area contributed by atoms with E-state index in [2.05, 4.69) is 20.0 Å². The molecule has 28 heavy (non-hydrogen) atoms. The lowest BCUT2D eigenvalue weighted by Crippen LogP contribution is -2.22. The van der Waals surface area contributed by atoms with Crippen LogP contribution in [-0.2, 0) is 15.4 Å². The third-order valence-corrected chi connectivity index (χ3v) is 5.59. The maximum absolute atomic E-state index is 11.4. The van der Waals surface area contributed by atoms with Crippen LogP contribution in [0.3, 0.4) is 0 Å². The van der Waals surface area contributed by atoms with Crippen LogP contribution >= 0.6 is 11.6 Å². The number of sulfone groups is 1. The number of ether oxygens (including phenoxy) is 1. The second-order valence-corrected chi connectivity index (χ2v) is 9.75. The molecule has 0 saturated heterocycles.